The van der Waals surface area contributed by atoms with Gasteiger partial charge in [0.15, 0.2) is 0 Å². The van der Waals surface area contributed by atoms with E-state index in [1.807, 2.05) is 0 Å². The first-order valence-electron chi connectivity index (χ1n) is 11.9. The molecule has 1 atom stereocenters. The van der Waals surface area contributed by atoms with Gasteiger partial charge in [0.05, 0.1) is 23.0 Å². The number of esters is 1. The zero-order valence-electron chi connectivity index (χ0n) is 21.3. The molecule has 37 heavy (non-hydrogen) atoms. The van der Waals surface area contributed by atoms with Crippen molar-refractivity contribution >= 4 is 39.2 Å². The molecule has 1 N–H and O–H groups in total. The number of carbonyl (C=O) groups is 2. The van der Waals surface area contributed by atoms with Gasteiger partial charge in [0.1, 0.15) is 27.4 Å². The van der Waals surface area contributed by atoms with Gasteiger partial charge in [0.25, 0.3) is 0 Å². The molecule has 0 radical (unpaired) electrons. The van der Waals surface area contributed by atoms with Crippen molar-refractivity contribution in [3.05, 3.63) is 46.4 Å². The third-order valence-electron chi connectivity index (χ3n) is 6.48. The monoisotopic (exact) mass is 534 g/mol. The molecule has 1 aliphatic carbocycles. The van der Waals surface area contributed by atoms with Gasteiger partial charge in [0.2, 0.25) is 5.91 Å². The Bertz CT molecular complexity index is 1350. The maximum Gasteiger partial charge on any atom is 0.399 e. The van der Waals surface area contributed by atoms with Crippen LogP contribution >= 0.6 is 11.3 Å². The summed E-state index contributed by atoms with van der Waals surface area (Å²) in [7, 11) is 0. The van der Waals surface area contributed by atoms with Crippen LogP contribution in [-0.4, -0.2) is 33.0 Å². The molecule has 0 spiro atoms. The number of hydrogen-bond acceptors (Lipinski definition) is 7. The Morgan fingerprint density at radius 1 is 1.14 bits per heavy atom. The van der Waals surface area contributed by atoms with Crippen LogP contribution in [0.1, 0.15) is 63.0 Å². The zero-order chi connectivity index (χ0) is 27.2. The van der Waals surface area contributed by atoms with Crippen molar-refractivity contribution in [3.63, 3.8) is 0 Å². The molecule has 0 saturated heterocycles. The molecule has 7 nitrogen and oxygen atoms in total. The van der Waals surface area contributed by atoms with Gasteiger partial charge in [-0.05, 0) is 71.6 Å². The van der Waals surface area contributed by atoms with E-state index in [4.69, 9.17) is 4.74 Å². The number of ether oxygens (including phenoxy) is 1. The van der Waals surface area contributed by atoms with E-state index in [2.05, 4.69) is 20.3 Å². The highest BCUT2D eigenvalue weighted by molar-refractivity contribution is 7.18. The van der Waals surface area contributed by atoms with Crippen LogP contribution in [0, 0.1) is 11.3 Å². The molecule has 4 rings (SSSR count). The SMILES string of the molecule is CC(C)(C)C(=O)OCc1nc2cc(NC(=O)[C@H]3CCc4nc(C(C)(C)C(F)(F)F)ccc4C3)cnc2s1. The number of carbonyl (C=O) groups excluding carboxylic acids is 2. The highest BCUT2D eigenvalue weighted by Crippen LogP contribution is 2.40. The van der Waals surface area contributed by atoms with E-state index in [1.165, 1.54) is 17.4 Å². The lowest BCUT2D eigenvalue weighted by Gasteiger charge is -2.29. The van der Waals surface area contributed by atoms with Crippen molar-refractivity contribution in [1.82, 2.24) is 15.0 Å². The molecule has 0 fully saturated rings. The number of nitrogens with zero attached hydrogens (tertiary/aromatic N) is 3. The summed E-state index contributed by atoms with van der Waals surface area (Å²) in [6.45, 7) is 7.62. The molecular formula is C26H29F3N4O3S. The maximum atomic E-state index is 13.4. The number of alkyl halides is 3. The van der Waals surface area contributed by atoms with Crippen LogP contribution < -0.4 is 5.32 Å². The Balaban J connectivity index is 1.41. The van der Waals surface area contributed by atoms with Crippen LogP contribution in [0.25, 0.3) is 10.3 Å². The molecule has 0 aliphatic heterocycles. The third-order valence-corrected chi connectivity index (χ3v) is 7.44. The fraction of sp³-hybridized carbons (Fsp3) is 0.500. The summed E-state index contributed by atoms with van der Waals surface area (Å²) in [5.74, 6) is -0.854. The van der Waals surface area contributed by atoms with E-state index < -0.39 is 17.0 Å². The first-order chi connectivity index (χ1) is 17.1. The van der Waals surface area contributed by atoms with Crippen LogP contribution in [0.4, 0.5) is 18.9 Å². The lowest BCUT2D eigenvalue weighted by molar-refractivity contribution is -0.181. The second-order valence-corrected chi connectivity index (χ2v) is 11.9. The van der Waals surface area contributed by atoms with Crippen LogP contribution in [0.3, 0.4) is 0 Å². The summed E-state index contributed by atoms with van der Waals surface area (Å²) in [5, 5.41) is 3.48. The largest absolute Gasteiger partial charge is 0.458 e. The average Bonchev–Trinajstić information content (AvgIpc) is 3.22. The lowest BCUT2D eigenvalue weighted by Crippen LogP contribution is -2.38. The number of hydrogen-bond donors (Lipinski definition) is 1. The predicted octanol–water partition coefficient (Wildman–Crippen LogP) is 5.76. The lowest BCUT2D eigenvalue weighted by atomic mass is 9.83. The van der Waals surface area contributed by atoms with Gasteiger partial charge in [0, 0.05) is 11.6 Å². The molecule has 1 amide bonds. The highest BCUT2D eigenvalue weighted by Gasteiger charge is 2.49. The van der Waals surface area contributed by atoms with Gasteiger partial charge in [-0.2, -0.15) is 13.2 Å². The average molecular weight is 535 g/mol. The second-order valence-electron chi connectivity index (χ2n) is 10.8. The molecule has 3 aromatic rings. The first kappa shape index (κ1) is 27.0. The predicted molar refractivity (Wildman–Crippen MR) is 134 cm³/mol. The summed E-state index contributed by atoms with van der Waals surface area (Å²) < 4.78 is 45.6. The second kappa shape index (κ2) is 9.66. The third kappa shape index (κ3) is 5.76. The van der Waals surface area contributed by atoms with E-state index >= 15 is 0 Å². The Labute approximate surface area is 216 Å². The number of pyridine rings is 2. The topological polar surface area (TPSA) is 94.1 Å². The Morgan fingerprint density at radius 2 is 1.86 bits per heavy atom. The first-order valence-corrected chi connectivity index (χ1v) is 12.8. The van der Waals surface area contributed by atoms with Crippen LogP contribution in [0.15, 0.2) is 24.4 Å². The Morgan fingerprint density at radius 3 is 2.54 bits per heavy atom. The fourth-order valence-corrected chi connectivity index (χ4v) is 4.71. The number of nitrogens with one attached hydrogen (secondary N) is 1. The summed E-state index contributed by atoms with van der Waals surface area (Å²) in [4.78, 5) is 38.8. The molecule has 3 aromatic heterocycles. The van der Waals surface area contributed by atoms with Crippen LogP contribution in [-0.2, 0) is 39.2 Å². The number of thiazole rings is 1. The number of aromatic nitrogens is 3. The van der Waals surface area contributed by atoms with Crippen molar-refractivity contribution < 1.29 is 27.5 Å². The van der Waals surface area contributed by atoms with Crippen molar-refractivity contribution in [2.75, 3.05) is 5.32 Å². The molecule has 1 aliphatic rings. The highest BCUT2D eigenvalue weighted by atomic mass is 32.1. The molecule has 0 unspecified atom stereocenters. The minimum absolute atomic E-state index is 0.0168. The number of anilines is 1. The van der Waals surface area contributed by atoms with Crippen molar-refractivity contribution in [1.29, 1.82) is 0 Å². The number of amides is 1. The van der Waals surface area contributed by atoms with Crippen LogP contribution in [0.2, 0.25) is 0 Å². The molecular weight excluding hydrogens is 505 g/mol. The van der Waals surface area contributed by atoms with Gasteiger partial charge in [-0.15, -0.1) is 0 Å². The van der Waals surface area contributed by atoms with Gasteiger partial charge < -0.3 is 10.1 Å². The molecule has 0 aromatic carbocycles. The summed E-state index contributed by atoms with van der Waals surface area (Å²) in [6, 6.07) is 4.78. The molecule has 3 heterocycles. The Hall–Kier alpha value is -3.08. The summed E-state index contributed by atoms with van der Waals surface area (Å²) in [5.41, 5.74) is -0.193. The standard InChI is InChI=1S/C26H29F3N4O3S/c1-24(2,3)23(35)36-13-20-33-18-11-16(12-30-22(18)37-20)31-21(34)15-6-8-17-14(10-15)7-9-19(32-17)25(4,5)26(27,28)29/h7,9,11-12,15H,6,8,10,13H2,1-5H3,(H,31,34)/t15-/m0/s1. The smallest absolute Gasteiger partial charge is 0.399 e. The number of halogens is 3. The Kier molecular flexibility index (Phi) is 7.04. The zero-order valence-corrected chi connectivity index (χ0v) is 22.1. The van der Waals surface area contributed by atoms with Gasteiger partial charge in [-0.3, -0.25) is 14.6 Å². The molecule has 11 heteroatoms. The normalized spacial score (nSPS) is 16.4. The minimum atomic E-state index is -4.41. The van der Waals surface area contributed by atoms with E-state index in [0.717, 1.165) is 19.4 Å². The number of fused-ring (bicyclic) bond motifs is 2. The van der Waals surface area contributed by atoms with E-state index in [0.29, 0.717) is 46.0 Å². The van der Waals surface area contributed by atoms with E-state index in [1.54, 1.807) is 39.1 Å². The summed E-state index contributed by atoms with van der Waals surface area (Å²) in [6.07, 6.45) is -1.55. The van der Waals surface area contributed by atoms with Crippen LogP contribution in [0.5, 0.6) is 0 Å². The van der Waals surface area contributed by atoms with Crippen molar-refractivity contribution in [2.24, 2.45) is 11.3 Å². The van der Waals surface area contributed by atoms with Gasteiger partial charge in [-0.1, -0.05) is 17.4 Å². The van der Waals surface area contributed by atoms with Gasteiger partial charge >= 0.3 is 12.1 Å². The summed E-state index contributed by atoms with van der Waals surface area (Å²) >= 11 is 1.31. The number of aryl methyl sites for hydroxylation is 1. The molecule has 198 valence electrons. The fourth-order valence-electron chi connectivity index (χ4n) is 3.91. The number of rotatable bonds is 5. The quantitative estimate of drug-likeness (QED) is 0.419. The molecule has 0 bridgehead atoms. The van der Waals surface area contributed by atoms with E-state index in [9.17, 15) is 22.8 Å². The van der Waals surface area contributed by atoms with E-state index in [-0.39, 0.29) is 30.1 Å². The maximum absolute atomic E-state index is 13.4. The minimum Gasteiger partial charge on any atom is -0.458 e. The van der Waals surface area contributed by atoms with Crippen molar-refractivity contribution in [2.45, 2.75) is 72.1 Å². The van der Waals surface area contributed by atoms with Gasteiger partial charge in [-0.25, -0.2) is 9.97 Å². The molecule has 0 saturated carbocycles. The van der Waals surface area contributed by atoms with Crippen molar-refractivity contribution in [3.8, 4) is 0 Å².